The van der Waals surface area contributed by atoms with E-state index in [4.69, 9.17) is 4.74 Å². The number of fused-ring (bicyclic) bond motifs is 1. The van der Waals surface area contributed by atoms with Gasteiger partial charge in [0.25, 0.3) is 0 Å². The van der Waals surface area contributed by atoms with E-state index in [1.807, 2.05) is 24.4 Å². The molecule has 0 amide bonds. The lowest BCUT2D eigenvalue weighted by Gasteiger charge is -1.98. The number of H-pyrrole nitrogens is 1. The second-order valence-electron chi connectivity index (χ2n) is 4.04. The summed E-state index contributed by atoms with van der Waals surface area (Å²) in [4.78, 5) is 19.0. The maximum Gasteiger partial charge on any atom is 0.357 e. The Morgan fingerprint density at radius 2 is 2.32 bits per heavy atom. The van der Waals surface area contributed by atoms with Crippen LogP contribution in [0.3, 0.4) is 0 Å². The van der Waals surface area contributed by atoms with Gasteiger partial charge in [-0.15, -0.1) is 11.3 Å². The number of aromatic nitrogens is 2. The van der Waals surface area contributed by atoms with Gasteiger partial charge in [0.1, 0.15) is 5.01 Å². The molecule has 2 heterocycles. The number of rotatable bonds is 3. The standard InChI is InChI=1S/C14H12N2O2S/c1-2-18-14(17)12-8-19-13(16-12)10-3-4-11-9(7-10)5-6-15-11/h3-8,15H,2H2,1H3. The molecular formula is C14H12N2O2S. The van der Waals surface area contributed by atoms with Crippen LogP contribution in [0.5, 0.6) is 0 Å². The minimum atomic E-state index is -0.368. The Hall–Kier alpha value is -2.14. The SMILES string of the molecule is CCOC(=O)c1csc(-c2ccc3[nH]ccc3c2)n1. The van der Waals surface area contributed by atoms with Gasteiger partial charge in [0, 0.05) is 28.0 Å². The summed E-state index contributed by atoms with van der Waals surface area (Å²) in [6.45, 7) is 2.14. The zero-order valence-electron chi connectivity index (χ0n) is 10.3. The number of thiazole rings is 1. The van der Waals surface area contributed by atoms with Crippen molar-refractivity contribution in [3.63, 3.8) is 0 Å². The summed E-state index contributed by atoms with van der Waals surface area (Å²) < 4.78 is 4.94. The van der Waals surface area contributed by atoms with Crippen molar-refractivity contribution >= 4 is 28.2 Å². The molecule has 1 aromatic carbocycles. The first-order valence-corrected chi connectivity index (χ1v) is 6.86. The Bertz CT molecular complexity index is 730. The third kappa shape index (κ3) is 2.24. The van der Waals surface area contributed by atoms with Crippen molar-refractivity contribution in [3.8, 4) is 10.6 Å². The number of nitrogens with one attached hydrogen (secondary N) is 1. The highest BCUT2D eigenvalue weighted by molar-refractivity contribution is 7.13. The summed E-state index contributed by atoms with van der Waals surface area (Å²) >= 11 is 1.45. The Labute approximate surface area is 114 Å². The predicted octanol–water partition coefficient (Wildman–Crippen LogP) is 3.47. The molecule has 0 aliphatic heterocycles. The highest BCUT2D eigenvalue weighted by atomic mass is 32.1. The summed E-state index contributed by atoms with van der Waals surface area (Å²) in [5.74, 6) is -0.368. The van der Waals surface area contributed by atoms with Gasteiger partial charge >= 0.3 is 5.97 Å². The highest BCUT2D eigenvalue weighted by Crippen LogP contribution is 2.27. The Balaban J connectivity index is 1.95. The van der Waals surface area contributed by atoms with Crippen molar-refractivity contribution in [2.45, 2.75) is 6.92 Å². The van der Waals surface area contributed by atoms with Gasteiger partial charge in [-0.25, -0.2) is 9.78 Å². The van der Waals surface area contributed by atoms with E-state index in [-0.39, 0.29) is 5.97 Å². The third-order valence-electron chi connectivity index (χ3n) is 2.79. The molecule has 5 heteroatoms. The quantitative estimate of drug-likeness (QED) is 0.743. The van der Waals surface area contributed by atoms with Crippen molar-refractivity contribution in [2.75, 3.05) is 6.61 Å². The molecule has 4 nitrogen and oxygen atoms in total. The van der Waals surface area contributed by atoms with Crippen LogP contribution in [-0.2, 0) is 4.74 Å². The first kappa shape index (κ1) is 11.9. The number of hydrogen-bond donors (Lipinski definition) is 1. The normalized spacial score (nSPS) is 10.8. The molecule has 3 rings (SSSR count). The Morgan fingerprint density at radius 1 is 1.42 bits per heavy atom. The lowest BCUT2D eigenvalue weighted by Crippen LogP contribution is -2.04. The van der Waals surface area contributed by atoms with Gasteiger partial charge in [-0.3, -0.25) is 0 Å². The van der Waals surface area contributed by atoms with Crippen molar-refractivity contribution in [2.24, 2.45) is 0 Å². The monoisotopic (exact) mass is 272 g/mol. The average molecular weight is 272 g/mol. The van der Waals surface area contributed by atoms with Crippen LogP contribution in [-0.4, -0.2) is 22.5 Å². The Morgan fingerprint density at radius 3 is 3.16 bits per heavy atom. The van der Waals surface area contributed by atoms with Crippen molar-refractivity contribution < 1.29 is 9.53 Å². The summed E-state index contributed by atoms with van der Waals surface area (Å²) in [6.07, 6.45) is 1.90. The van der Waals surface area contributed by atoms with Crippen LogP contribution in [0, 0.1) is 0 Å². The molecule has 0 spiro atoms. The predicted molar refractivity (Wildman–Crippen MR) is 75.4 cm³/mol. The molecule has 0 unspecified atom stereocenters. The molecule has 96 valence electrons. The first-order chi connectivity index (χ1) is 9.28. The maximum atomic E-state index is 11.6. The minimum absolute atomic E-state index is 0.362. The van der Waals surface area contributed by atoms with Gasteiger partial charge in [-0.1, -0.05) is 0 Å². The first-order valence-electron chi connectivity index (χ1n) is 5.98. The van der Waals surface area contributed by atoms with Gasteiger partial charge < -0.3 is 9.72 Å². The molecule has 0 saturated heterocycles. The molecule has 0 saturated carbocycles. The molecule has 0 radical (unpaired) electrons. The highest BCUT2D eigenvalue weighted by Gasteiger charge is 2.12. The smallest absolute Gasteiger partial charge is 0.357 e. The second-order valence-corrected chi connectivity index (χ2v) is 4.90. The molecule has 2 aromatic heterocycles. The van der Waals surface area contributed by atoms with Gasteiger partial charge in [-0.05, 0) is 31.2 Å². The van der Waals surface area contributed by atoms with Gasteiger partial charge in [0.05, 0.1) is 6.61 Å². The number of ether oxygens (including phenoxy) is 1. The van der Waals surface area contributed by atoms with Crippen molar-refractivity contribution in [3.05, 3.63) is 41.5 Å². The molecule has 0 fully saturated rings. The average Bonchev–Trinajstić information content (AvgIpc) is 3.07. The maximum absolute atomic E-state index is 11.6. The molecule has 0 aliphatic carbocycles. The van der Waals surface area contributed by atoms with E-state index < -0.39 is 0 Å². The molecular weight excluding hydrogens is 260 g/mol. The van der Waals surface area contributed by atoms with Gasteiger partial charge in [0.15, 0.2) is 5.69 Å². The van der Waals surface area contributed by atoms with Crippen LogP contribution in [0.15, 0.2) is 35.8 Å². The molecule has 0 bridgehead atoms. The van der Waals surface area contributed by atoms with Crippen LogP contribution >= 0.6 is 11.3 Å². The third-order valence-corrected chi connectivity index (χ3v) is 3.68. The fourth-order valence-electron chi connectivity index (χ4n) is 1.89. The van der Waals surface area contributed by atoms with E-state index in [0.29, 0.717) is 12.3 Å². The molecule has 1 N–H and O–H groups in total. The number of carbonyl (C=O) groups is 1. The van der Waals surface area contributed by atoms with Gasteiger partial charge in [0.2, 0.25) is 0 Å². The minimum Gasteiger partial charge on any atom is -0.461 e. The van der Waals surface area contributed by atoms with E-state index in [2.05, 4.69) is 16.0 Å². The topological polar surface area (TPSA) is 55.0 Å². The lowest BCUT2D eigenvalue weighted by atomic mass is 10.2. The molecule has 0 aliphatic rings. The van der Waals surface area contributed by atoms with Crippen LogP contribution in [0.25, 0.3) is 21.5 Å². The summed E-state index contributed by atoms with van der Waals surface area (Å²) in [5.41, 5.74) is 2.47. The zero-order chi connectivity index (χ0) is 13.2. The largest absolute Gasteiger partial charge is 0.461 e. The number of benzene rings is 1. The molecule has 0 atom stereocenters. The van der Waals surface area contributed by atoms with Gasteiger partial charge in [-0.2, -0.15) is 0 Å². The number of carbonyl (C=O) groups excluding carboxylic acids is 1. The zero-order valence-corrected chi connectivity index (χ0v) is 11.2. The van der Waals surface area contributed by atoms with Crippen molar-refractivity contribution in [1.82, 2.24) is 9.97 Å². The summed E-state index contributed by atoms with van der Waals surface area (Å²) in [6, 6.07) is 8.07. The second kappa shape index (κ2) is 4.85. The van der Waals surface area contributed by atoms with E-state index in [1.165, 1.54) is 11.3 Å². The number of nitrogens with zero attached hydrogens (tertiary/aromatic N) is 1. The van der Waals surface area contributed by atoms with Crippen LogP contribution < -0.4 is 0 Å². The van der Waals surface area contributed by atoms with E-state index in [9.17, 15) is 4.79 Å². The van der Waals surface area contributed by atoms with E-state index in [0.717, 1.165) is 21.5 Å². The molecule has 3 aromatic rings. The van der Waals surface area contributed by atoms with E-state index in [1.54, 1.807) is 12.3 Å². The number of aromatic amines is 1. The number of hydrogen-bond acceptors (Lipinski definition) is 4. The number of esters is 1. The lowest BCUT2D eigenvalue weighted by molar-refractivity contribution is 0.0520. The van der Waals surface area contributed by atoms with E-state index >= 15 is 0 Å². The molecule has 19 heavy (non-hydrogen) atoms. The fourth-order valence-corrected chi connectivity index (χ4v) is 2.68. The van der Waals surface area contributed by atoms with Crippen molar-refractivity contribution in [1.29, 1.82) is 0 Å². The van der Waals surface area contributed by atoms with Crippen LogP contribution in [0.1, 0.15) is 17.4 Å². The van der Waals surface area contributed by atoms with Crippen LogP contribution in [0.4, 0.5) is 0 Å². The van der Waals surface area contributed by atoms with Crippen LogP contribution in [0.2, 0.25) is 0 Å². The summed E-state index contributed by atoms with van der Waals surface area (Å²) in [7, 11) is 0. The summed E-state index contributed by atoms with van der Waals surface area (Å²) in [5, 5.41) is 3.69. The fraction of sp³-hybridized carbons (Fsp3) is 0.143. The Kier molecular flexibility index (Phi) is 3.05.